The monoisotopic (exact) mass is 305 g/mol. The highest BCUT2D eigenvalue weighted by Gasteiger charge is 2.07. The summed E-state index contributed by atoms with van der Waals surface area (Å²) >= 11 is 0. The number of carbonyl (C=O) groups excluding carboxylic acids is 1. The Morgan fingerprint density at radius 2 is 1.65 bits per heavy atom. The molecule has 1 aliphatic carbocycles. The first-order chi connectivity index (χ1) is 11.3. The molecule has 3 rings (SSSR count). The van der Waals surface area contributed by atoms with Crippen LogP contribution in [0.5, 0.6) is 0 Å². The first-order valence-corrected chi connectivity index (χ1v) is 8.44. The topological polar surface area (TPSA) is 29.1 Å². The number of allylic oxidation sites excluding steroid dienone is 1. The molecule has 2 heteroatoms. The lowest BCUT2D eigenvalue weighted by Gasteiger charge is -2.13. The molecular weight excluding hydrogens is 282 g/mol. The van der Waals surface area contributed by atoms with Crippen molar-refractivity contribution in [3.63, 3.8) is 0 Å². The molecule has 0 saturated carbocycles. The van der Waals surface area contributed by atoms with Gasteiger partial charge in [0.1, 0.15) is 0 Å². The van der Waals surface area contributed by atoms with E-state index in [-0.39, 0.29) is 5.91 Å². The third-order valence-corrected chi connectivity index (χ3v) is 4.37. The van der Waals surface area contributed by atoms with Gasteiger partial charge in [-0.25, -0.2) is 0 Å². The normalized spacial score (nSPS) is 14.2. The SMILES string of the molecule is O=C(NCCC1=CCCCC1)c1ccc(-c2ccccc2)cc1. The zero-order chi connectivity index (χ0) is 15.9. The van der Waals surface area contributed by atoms with Gasteiger partial charge in [-0.2, -0.15) is 0 Å². The maximum Gasteiger partial charge on any atom is 0.251 e. The number of benzene rings is 2. The van der Waals surface area contributed by atoms with Crippen molar-refractivity contribution in [2.45, 2.75) is 32.1 Å². The molecule has 118 valence electrons. The first-order valence-electron chi connectivity index (χ1n) is 8.44. The van der Waals surface area contributed by atoms with Crippen LogP contribution in [0.3, 0.4) is 0 Å². The predicted octanol–water partition coefficient (Wildman–Crippen LogP) is 4.97. The molecular formula is C21H23NO. The lowest BCUT2D eigenvalue weighted by Crippen LogP contribution is -2.24. The molecule has 1 amide bonds. The molecule has 1 aliphatic rings. The van der Waals surface area contributed by atoms with Crippen LogP contribution in [0.1, 0.15) is 42.5 Å². The zero-order valence-electron chi connectivity index (χ0n) is 13.4. The minimum atomic E-state index is 0.0148. The number of hydrogen-bond acceptors (Lipinski definition) is 1. The van der Waals surface area contributed by atoms with Crippen LogP contribution in [0.15, 0.2) is 66.2 Å². The Balaban J connectivity index is 1.54. The van der Waals surface area contributed by atoms with Crippen LogP contribution in [0.4, 0.5) is 0 Å². The molecule has 0 aliphatic heterocycles. The molecule has 0 bridgehead atoms. The lowest BCUT2D eigenvalue weighted by molar-refractivity contribution is 0.0954. The third-order valence-electron chi connectivity index (χ3n) is 4.37. The summed E-state index contributed by atoms with van der Waals surface area (Å²) in [4.78, 5) is 12.2. The van der Waals surface area contributed by atoms with Gasteiger partial charge in [-0.05, 0) is 55.4 Å². The molecule has 0 fully saturated rings. The third kappa shape index (κ3) is 4.32. The van der Waals surface area contributed by atoms with Gasteiger partial charge in [0.15, 0.2) is 0 Å². The Morgan fingerprint density at radius 3 is 2.35 bits per heavy atom. The van der Waals surface area contributed by atoms with Gasteiger partial charge in [-0.3, -0.25) is 4.79 Å². The van der Waals surface area contributed by atoms with Crippen LogP contribution < -0.4 is 5.32 Å². The van der Waals surface area contributed by atoms with Gasteiger partial charge in [0.25, 0.3) is 5.91 Å². The summed E-state index contributed by atoms with van der Waals surface area (Å²) < 4.78 is 0. The number of nitrogens with one attached hydrogen (secondary N) is 1. The Morgan fingerprint density at radius 1 is 0.913 bits per heavy atom. The molecule has 0 aromatic heterocycles. The smallest absolute Gasteiger partial charge is 0.251 e. The summed E-state index contributed by atoms with van der Waals surface area (Å²) in [5.41, 5.74) is 4.52. The van der Waals surface area contributed by atoms with E-state index in [2.05, 4.69) is 23.5 Å². The molecule has 0 unspecified atom stereocenters. The number of rotatable bonds is 5. The summed E-state index contributed by atoms with van der Waals surface area (Å²) in [6.45, 7) is 0.727. The van der Waals surface area contributed by atoms with Crippen LogP contribution >= 0.6 is 0 Å². The van der Waals surface area contributed by atoms with Gasteiger partial charge in [-0.1, -0.05) is 54.1 Å². The van der Waals surface area contributed by atoms with Crippen molar-refractivity contribution in [3.05, 3.63) is 71.8 Å². The van der Waals surface area contributed by atoms with Crippen molar-refractivity contribution in [2.75, 3.05) is 6.54 Å². The number of carbonyl (C=O) groups is 1. The Kier molecular flexibility index (Phi) is 5.25. The first kappa shape index (κ1) is 15.5. The molecule has 23 heavy (non-hydrogen) atoms. The highest BCUT2D eigenvalue weighted by molar-refractivity contribution is 5.94. The van der Waals surface area contributed by atoms with E-state index >= 15 is 0 Å². The van der Waals surface area contributed by atoms with E-state index in [1.54, 1.807) is 0 Å². The molecule has 2 nitrogen and oxygen atoms in total. The van der Waals surface area contributed by atoms with Gasteiger partial charge >= 0.3 is 0 Å². The van der Waals surface area contributed by atoms with Crippen molar-refractivity contribution < 1.29 is 4.79 Å². The summed E-state index contributed by atoms with van der Waals surface area (Å²) in [7, 11) is 0. The molecule has 0 atom stereocenters. The Labute approximate surface area is 138 Å². The quantitative estimate of drug-likeness (QED) is 0.776. The summed E-state index contributed by atoms with van der Waals surface area (Å²) in [6, 6.07) is 18.0. The van der Waals surface area contributed by atoms with E-state index in [4.69, 9.17) is 0 Å². The van der Waals surface area contributed by atoms with E-state index in [0.29, 0.717) is 0 Å². The van der Waals surface area contributed by atoms with E-state index in [0.717, 1.165) is 24.1 Å². The van der Waals surface area contributed by atoms with E-state index < -0.39 is 0 Å². The van der Waals surface area contributed by atoms with Crippen LogP contribution in [-0.4, -0.2) is 12.5 Å². The summed E-state index contributed by atoms with van der Waals surface area (Å²) in [5.74, 6) is 0.0148. The van der Waals surface area contributed by atoms with Gasteiger partial charge < -0.3 is 5.32 Å². The van der Waals surface area contributed by atoms with E-state index in [9.17, 15) is 4.79 Å². The molecule has 2 aromatic rings. The molecule has 0 heterocycles. The van der Waals surface area contributed by atoms with Gasteiger partial charge in [-0.15, -0.1) is 0 Å². The minimum absolute atomic E-state index is 0.0148. The van der Waals surface area contributed by atoms with Crippen molar-refractivity contribution in [2.24, 2.45) is 0 Å². The predicted molar refractivity (Wildman–Crippen MR) is 95.4 cm³/mol. The fourth-order valence-corrected chi connectivity index (χ4v) is 3.02. The maximum absolute atomic E-state index is 12.2. The molecule has 2 aromatic carbocycles. The second kappa shape index (κ2) is 7.77. The van der Waals surface area contributed by atoms with Crippen molar-refractivity contribution in [1.29, 1.82) is 0 Å². The standard InChI is InChI=1S/C21H23NO/c23-21(22-16-15-17-7-3-1-4-8-17)20-13-11-19(12-14-20)18-9-5-2-6-10-18/h2,5-7,9-14H,1,3-4,8,15-16H2,(H,22,23). The highest BCUT2D eigenvalue weighted by atomic mass is 16.1. The van der Waals surface area contributed by atoms with Gasteiger partial charge in [0.2, 0.25) is 0 Å². The average Bonchev–Trinajstić information content (AvgIpc) is 2.63. The van der Waals surface area contributed by atoms with E-state index in [1.807, 2.05) is 42.5 Å². The molecule has 0 spiro atoms. The van der Waals surface area contributed by atoms with Crippen LogP contribution in [-0.2, 0) is 0 Å². The Hall–Kier alpha value is -2.35. The molecule has 0 saturated heterocycles. The summed E-state index contributed by atoms with van der Waals surface area (Å²) in [5, 5.41) is 3.03. The molecule has 0 radical (unpaired) electrons. The Bertz CT molecular complexity index is 671. The zero-order valence-corrected chi connectivity index (χ0v) is 13.4. The fourth-order valence-electron chi connectivity index (χ4n) is 3.02. The maximum atomic E-state index is 12.2. The van der Waals surface area contributed by atoms with Crippen molar-refractivity contribution in [3.8, 4) is 11.1 Å². The summed E-state index contributed by atoms with van der Waals surface area (Å²) in [6.07, 6.45) is 8.31. The average molecular weight is 305 g/mol. The van der Waals surface area contributed by atoms with Crippen LogP contribution in [0.2, 0.25) is 0 Å². The highest BCUT2D eigenvalue weighted by Crippen LogP contribution is 2.20. The van der Waals surface area contributed by atoms with Crippen molar-refractivity contribution in [1.82, 2.24) is 5.32 Å². The second-order valence-electron chi connectivity index (χ2n) is 6.06. The number of amides is 1. The van der Waals surface area contributed by atoms with Gasteiger partial charge in [0, 0.05) is 12.1 Å². The fraction of sp³-hybridized carbons (Fsp3) is 0.286. The molecule has 1 N–H and O–H groups in total. The largest absolute Gasteiger partial charge is 0.352 e. The minimum Gasteiger partial charge on any atom is -0.352 e. The van der Waals surface area contributed by atoms with Crippen LogP contribution in [0.25, 0.3) is 11.1 Å². The van der Waals surface area contributed by atoms with Crippen molar-refractivity contribution >= 4 is 5.91 Å². The van der Waals surface area contributed by atoms with Crippen LogP contribution in [0, 0.1) is 0 Å². The van der Waals surface area contributed by atoms with E-state index in [1.165, 1.54) is 36.8 Å². The second-order valence-corrected chi connectivity index (χ2v) is 6.06. The number of hydrogen-bond donors (Lipinski definition) is 1. The lowest BCUT2D eigenvalue weighted by atomic mass is 9.97. The van der Waals surface area contributed by atoms with Gasteiger partial charge in [0.05, 0.1) is 0 Å².